The van der Waals surface area contributed by atoms with E-state index in [1.54, 1.807) is 32.2 Å². The van der Waals surface area contributed by atoms with Gasteiger partial charge in [-0.25, -0.2) is 4.98 Å². The average Bonchev–Trinajstić information content (AvgIpc) is 2.26. The van der Waals surface area contributed by atoms with E-state index in [-0.39, 0.29) is 5.82 Å². The smallest absolute Gasteiger partial charge is 0.309 e. The van der Waals surface area contributed by atoms with Gasteiger partial charge in [-0.05, 0) is 40.1 Å². The Morgan fingerprint density at radius 2 is 1.90 bits per heavy atom. The number of pyridine rings is 1. The summed E-state index contributed by atoms with van der Waals surface area (Å²) in [4.78, 5) is 15.4. The van der Waals surface area contributed by atoms with E-state index in [0.717, 1.165) is 6.07 Å². The zero-order chi connectivity index (χ0) is 15.6. The molecule has 0 bridgehead atoms. The second-order valence-corrected chi connectivity index (χ2v) is 6.71. The van der Waals surface area contributed by atoms with E-state index >= 15 is 0 Å². The first kappa shape index (κ1) is 16.8. The van der Waals surface area contributed by atoms with Crippen LogP contribution in [0.25, 0.3) is 0 Å². The van der Waals surface area contributed by atoms with Crippen LogP contribution in [-0.2, 0) is 11.0 Å². The van der Waals surface area contributed by atoms with Crippen molar-refractivity contribution in [2.45, 2.75) is 24.8 Å². The van der Waals surface area contributed by atoms with Crippen LogP contribution in [0.3, 0.4) is 0 Å². The van der Waals surface area contributed by atoms with Gasteiger partial charge in [-0.15, -0.1) is 0 Å². The lowest BCUT2D eigenvalue weighted by Crippen LogP contribution is -2.36. The van der Waals surface area contributed by atoms with Gasteiger partial charge in [0.2, 0.25) is 5.91 Å². The predicted octanol–water partition coefficient (Wildman–Crippen LogP) is 3.03. The number of carbonyl (C=O) groups is 1. The Labute approximate surface area is 119 Å². The molecule has 1 amide bonds. The molecule has 0 saturated heterocycles. The topological polar surface area (TPSA) is 45.2 Å². The van der Waals surface area contributed by atoms with Crippen molar-refractivity contribution in [3.63, 3.8) is 0 Å². The van der Waals surface area contributed by atoms with Crippen LogP contribution in [-0.4, -0.2) is 34.0 Å². The molecule has 0 aliphatic rings. The summed E-state index contributed by atoms with van der Waals surface area (Å²) in [5.74, 6) is -0.528. The first-order valence-corrected chi connectivity index (χ1v) is 6.52. The Kier molecular flexibility index (Phi) is 5.04. The summed E-state index contributed by atoms with van der Waals surface area (Å²) in [5.41, 5.74) is -1.03. The molecule has 0 saturated carbocycles. The fraction of sp³-hybridized carbons (Fsp3) is 0.500. The molecule has 0 fully saturated rings. The van der Waals surface area contributed by atoms with Gasteiger partial charge >= 0.3 is 6.18 Å². The summed E-state index contributed by atoms with van der Waals surface area (Å²) < 4.78 is 38.5. The highest BCUT2D eigenvalue weighted by atomic mass is 32.2. The Bertz CT molecular complexity index is 489. The average molecular weight is 307 g/mol. The number of amides is 1. The molecular formula is C12H16F3N3OS. The third-order valence-electron chi connectivity index (χ3n) is 2.24. The highest BCUT2D eigenvalue weighted by Gasteiger charge is 2.33. The lowest BCUT2D eigenvalue weighted by Gasteiger charge is -2.25. The Morgan fingerprint density at radius 1 is 1.30 bits per heavy atom. The summed E-state index contributed by atoms with van der Waals surface area (Å²) in [6.45, 7) is 3.36. The second kappa shape index (κ2) is 6.01. The minimum absolute atomic E-state index is 0.114. The predicted molar refractivity (Wildman–Crippen MR) is 73.2 cm³/mol. The molecule has 4 nitrogen and oxygen atoms in total. The van der Waals surface area contributed by atoms with Crippen molar-refractivity contribution in [3.05, 3.63) is 23.9 Å². The molecule has 1 aromatic rings. The molecule has 1 heterocycles. The summed E-state index contributed by atoms with van der Waals surface area (Å²) >= 11 is 1.27. The van der Waals surface area contributed by atoms with Crippen LogP contribution in [0.5, 0.6) is 0 Å². The zero-order valence-electron chi connectivity index (χ0n) is 11.6. The zero-order valence-corrected chi connectivity index (χ0v) is 12.4. The van der Waals surface area contributed by atoms with Gasteiger partial charge in [-0.1, -0.05) is 18.0 Å². The number of anilines is 1. The van der Waals surface area contributed by atoms with Gasteiger partial charge in [-0.2, -0.15) is 13.2 Å². The van der Waals surface area contributed by atoms with Crippen molar-refractivity contribution in [1.29, 1.82) is 0 Å². The van der Waals surface area contributed by atoms with E-state index in [1.807, 2.05) is 0 Å². The summed E-state index contributed by atoms with van der Waals surface area (Å²) in [6.07, 6.45) is -4.53. The van der Waals surface area contributed by atoms with E-state index in [4.69, 9.17) is 0 Å². The quantitative estimate of drug-likeness (QED) is 0.869. The number of hydrogen-bond donors (Lipinski definition) is 1. The van der Waals surface area contributed by atoms with Gasteiger partial charge in [0.15, 0.2) is 0 Å². The molecule has 1 aromatic heterocycles. The van der Waals surface area contributed by atoms with E-state index < -0.39 is 22.5 Å². The van der Waals surface area contributed by atoms with Gasteiger partial charge in [0.05, 0.1) is 0 Å². The lowest BCUT2D eigenvalue weighted by molar-refractivity contribution is -0.141. The molecule has 0 atom stereocenters. The molecule has 0 unspecified atom stereocenters. The summed E-state index contributed by atoms with van der Waals surface area (Å²) in [6, 6.07) is 3.39. The highest BCUT2D eigenvalue weighted by molar-refractivity contribution is 7.99. The number of hydrogen-bond acceptors (Lipinski definition) is 4. The maximum Gasteiger partial charge on any atom is 0.433 e. The molecule has 1 N–H and O–H groups in total. The normalized spacial score (nSPS) is 12.6. The first-order valence-electron chi connectivity index (χ1n) is 5.74. The van der Waals surface area contributed by atoms with Gasteiger partial charge < -0.3 is 5.32 Å². The number of nitrogens with zero attached hydrogens (tertiary/aromatic N) is 2. The molecule has 0 radical (unpaired) electrons. The van der Waals surface area contributed by atoms with Crippen molar-refractivity contribution in [2.24, 2.45) is 0 Å². The Balaban J connectivity index is 2.86. The summed E-state index contributed by atoms with van der Waals surface area (Å²) in [5, 5.41) is 2.40. The van der Waals surface area contributed by atoms with E-state index in [0.29, 0.717) is 0 Å². The fourth-order valence-corrected chi connectivity index (χ4v) is 2.47. The monoisotopic (exact) mass is 307 g/mol. The third kappa shape index (κ3) is 4.68. The molecule has 0 aromatic carbocycles. The largest absolute Gasteiger partial charge is 0.433 e. The van der Waals surface area contributed by atoms with Crippen LogP contribution < -0.4 is 5.32 Å². The van der Waals surface area contributed by atoms with Crippen LogP contribution in [0.15, 0.2) is 18.2 Å². The highest BCUT2D eigenvalue weighted by Crippen LogP contribution is 2.29. The SMILES string of the molecule is CN(C)SC(C)(C)C(=O)Nc1cccc(C(F)(F)F)n1. The van der Waals surface area contributed by atoms with Crippen molar-refractivity contribution >= 4 is 23.7 Å². The first-order chi connectivity index (χ1) is 9.02. The van der Waals surface area contributed by atoms with Crippen LogP contribution >= 0.6 is 11.9 Å². The molecule has 20 heavy (non-hydrogen) atoms. The molecule has 0 aliphatic carbocycles. The van der Waals surface area contributed by atoms with Gasteiger partial charge in [0.25, 0.3) is 0 Å². The van der Waals surface area contributed by atoms with Crippen LogP contribution in [0.4, 0.5) is 19.0 Å². The molecule has 0 spiro atoms. The number of aromatic nitrogens is 1. The maximum absolute atomic E-state index is 12.5. The molecule has 0 aliphatic heterocycles. The van der Waals surface area contributed by atoms with Gasteiger partial charge in [0.1, 0.15) is 16.3 Å². The Morgan fingerprint density at radius 3 is 2.40 bits per heavy atom. The molecule has 112 valence electrons. The van der Waals surface area contributed by atoms with Crippen molar-refractivity contribution in [1.82, 2.24) is 9.29 Å². The van der Waals surface area contributed by atoms with Crippen molar-refractivity contribution < 1.29 is 18.0 Å². The number of halogens is 3. The lowest BCUT2D eigenvalue weighted by atomic mass is 10.2. The number of carbonyl (C=O) groups excluding carboxylic acids is 1. The van der Waals surface area contributed by atoms with Crippen LogP contribution in [0.2, 0.25) is 0 Å². The van der Waals surface area contributed by atoms with Crippen molar-refractivity contribution in [3.8, 4) is 0 Å². The Hall–Kier alpha value is -1.28. The van der Waals surface area contributed by atoms with Gasteiger partial charge in [0, 0.05) is 0 Å². The van der Waals surface area contributed by atoms with E-state index in [2.05, 4.69) is 10.3 Å². The second-order valence-electron chi connectivity index (χ2n) is 4.77. The minimum Gasteiger partial charge on any atom is -0.309 e. The molecule has 8 heteroatoms. The standard InChI is InChI=1S/C12H16F3N3OS/c1-11(2,20-18(3)4)10(19)17-9-7-5-6-8(16-9)12(13,14)15/h5-7H,1-4H3,(H,16,17,19). The fourth-order valence-electron chi connectivity index (χ4n) is 1.43. The van der Waals surface area contributed by atoms with Crippen molar-refractivity contribution in [2.75, 3.05) is 19.4 Å². The molecule has 1 rings (SSSR count). The summed E-state index contributed by atoms with van der Waals surface area (Å²) in [7, 11) is 3.56. The molecular weight excluding hydrogens is 291 g/mol. The van der Waals surface area contributed by atoms with Crippen LogP contribution in [0, 0.1) is 0 Å². The van der Waals surface area contributed by atoms with E-state index in [9.17, 15) is 18.0 Å². The number of rotatable bonds is 4. The number of nitrogens with one attached hydrogen (secondary N) is 1. The van der Waals surface area contributed by atoms with Gasteiger partial charge in [-0.3, -0.25) is 9.10 Å². The van der Waals surface area contributed by atoms with Crippen LogP contribution in [0.1, 0.15) is 19.5 Å². The number of alkyl halides is 3. The minimum atomic E-state index is -4.53. The maximum atomic E-state index is 12.5. The van der Waals surface area contributed by atoms with E-state index in [1.165, 1.54) is 24.1 Å². The third-order valence-corrected chi connectivity index (χ3v) is 3.25.